The summed E-state index contributed by atoms with van der Waals surface area (Å²) in [5.74, 6) is -1.20. The van der Waals surface area contributed by atoms with Crippen molar-refractivity contribution in [3.05, 3.63) is 42.5 Å². The average molecular weight is 282 g/mol. The van der Waals surface area contributed by atoms with Gasteiger partial charge in [0.2, 0.25) is 0 Å². The van der Waals surface area contributed by atoms with Crippen molar-refractivity contribution in [2.75, 3.05) is 7.11 Å². The van der Waals surface area contributed by atoms with Crippen molar-refractivity contribution in [3.63, 3.8) is 0 Å². The van der Waals surface area contributed by atoms with Crippen molar-refractivity contribution in [2.24, 2.45) is 5.92 Å². The number of benzene rings is 1. The maximum Gasteiger partial charge on any atom is 0.325 e. The van der Waals surface area contributed by atoms with Crippen LogP contribution in [0.4, 0.5) is 0 Å². The number of ether oxygens (including phenoxy) is 1. The second kappa shape index (κ2) is 6.52. The number of methoxy groups -OCH3 is 1. The zero-order chi connectivity index (χ0) is 14.5. The molecule has 0 aromatic heterocycles. The largest absolute Gasteiger partial charge is 0.468 e. The molecule has 1 aromatic rings. The predicted molar refractivity (Wildman–Crippen MR) is 73.4 cm³/mol. The number of hydrogen-bond donors (Lipinski definition) is 0. The van der Waals surface area contributed by atoms with Crippen LogP contribution in [0.15, 0.2) is 47.4 Å². The Balaban J connectivity index is 3.29. The summed E-state index contributed by atoms with van der Waals surface area (Å²) in [7, 11) is -2.57. The second-order valence-electron chi connectivity index (χ2n) is 4.19. The Kier molecular flexibility index (Phi) is 5.30. The van der Waals surface area contributed by atoms with E-state index in [1.165, 1.54) is 19.2 Å². The summed E-state index contributed by atoms with van der Waals surface area (Å²) >= 11 is 0. The van der Waals surface area contributed by atoms with E-state index >= 15 is 0 Å². The highest BCUT2D eigenvalue weighted by Gasteiger charge is 2.38. The molecular formula is C14H18O4S. The van der Waals surface area contributed by atoms with E-state index in [0.717, 1.165) is 0 Å². The van der Waals surface area contributed by atoms with E-state index in [4.69, 9.17) is 0 Å². The molecule has 4 nitrogen and oxygen atoms in total. The normalized spacial score (nSPS) is 15.1. The fourth-order valence-electron chi connectivity index (χ4n) is 1.90. The van der Waals surface area contributed by atoms with Gasteiger partial charge in [0.1, 0.15) is 0 Å². The van der Waals surface area contributed by atoms with Crippen LogP contribution < -0.4 is 0 Å². The van der Waals surface area contributed by atoms with Crippen LogP contribution in [-0.2, 0) is 19.4 Å². The molecule has 0 aliphatic heterocycles. The maximum absolute atomic E-state index is 12.5. The lowest BCUT2D eigenvalue weighted by molar-refractivity contribution is -0.140. The highest BCUT2D eigenvalue weighted by Crippen LogP contribution is 2.23. The molecular weight excluding hydrogens is 264 g/mol. The monoisotopic (exact) mass is 282 g/mol. The highest BCUT2D eigenvalue weighted by molar-refractivity contribution is 7.92. The SMILES string of the molecule is C/C=C/C(C)C(C(=O)OC)S(=O)(=O)c1ccccc1. The van der Waals surface area contributed by atoms with Crippen LogP contribution in [0.3, 0.4) is 0 Å². The fraction of sp³-hybridized carbons (Fsp3) is 0.357. The lowest BCUT2D eigenvalue weighted by Gasteiger charge is -2.19. The minimum atomic E-state index is -3.76. The van der Waals surface area contributed by atoms with Gasteiger partial charge in [-0.05, 0) is 19.1 Å². The third-order valence-corrected chi connectivity index (χ3v) is 5.03. The van der Waals surface area contributed by atoms with Gasteiger partial charge in [0, 0.05) is 5.92 Å². The minimum absolute atomic E-state index is 0.127. The molecule has 0 aliphatic carbocycles. The van der Waals surface area contributed by atoms with Gasteiger partial charge in [0.25, 0.3) is 0 Å². The molecule has 0 saturated carbocycles. The molecule has 19 heavy (non-hydrogen) atoms. The molecule has 0 heterocycles. The Morgan fingerprint density at radius 1 is 1.26 bits per heavy atom. The van der Waals surface area contributed by atoms with Gasteiger partial charge in [-0.3, -0.25) is 4.79 Å². The molecule has 1 aromatic carbocycles. The van der Waals surface area contributed by atoms with Crippen LogP contribution in [-0.4, -0.2) is 26.7 Å². The molecule has 104 valence electrons. The molecule has 0 aliphatic rings. The van der Waals surface area contributed by atoms with Gasteiger partial charge in [0.15, 0.2) is 15.1 Å². The molecule has 2 atom stereocenters. The summed E-state index contributed by atoms with van der Waals surface area (Å²) in [6.07, 6.45) is 3.41. The Hall–Kier alpha value is -1.62. The first-order valence-electron chi connectivity index (χ1n) is 5.94. The summed E-state index contributed by atoms with van der Waals surface area (Å²) in [5.41, 5.74) is 0. The number of esters is 1. The van der Waals surface area contributed by atoms with Crippen molar-refractivity contribution in [3.8, 4) is 0 Å². The van der Waals surface area contributed by atoms with E-state index < -0.39 is 27.0 Å². The number of allylic oxidation sites excluding steroid dienone is 2. The van der Waals surface area contributed by atoms with Crippen LogP contribution in [0.25, 0.3) is 0 Å². The van der Waals surface area contributed by atoms with E-state index in [1.54, 1.807) is 44.2 Å². The van der Waals surface area contributed by atoms with E-state index in [-0.39, 0.29) is 4.90 Å². The average Bonchev–Trinajstić information content (AvgIpc) is 2.39. The Bertz CT molecular complexity index is 546. The van der Waals surface area contributed by atoms with Gasteiger partial charge < -0.3 is 4.74 Å². The first-order valence-corrected chi connectivity index (χ1v) is 7.49. The van der Waals surface area contributed by atoms with Crippen LogP contribution in [0.1, 0.15) is 13.8 Å². The topological polar surface area (TPSA) is 60.4 Å². The van der Waals surface area contributed by atoms with Crippen molar-refractivity contribution in [1.29, 1.82) is 0 Å². The maximum atomic E-state index is 12.5. The standard InChI is InChI=1S/C14H18O4S/c1-4-8-11(2)13(14(15)18-3)19(16,17)12-9-6-5-7-10-12/h4-11,13H,1-3H3/b8-4+. The summed E-state index contributed by atoms with van der Waals surface area (Å²) in [6, 6.07) is 7.94. The third kappa shape index (κ3) is 3.44. The van der Waals surface area contributed by atoms with E-state index in [0.29, 0.717) is 0 Å². The summed E-state index contributed by atoms with van der Waals surface area (Å²) in [6.45, 7) is 3.46. The summed E-state index contributed by atoms with van der Waals surface area (Å²) in [5, 5.41) is -1.23. The van der Waals surface area contributed by atoms with Crippen molar-refractivity contribution in [2.45, 2.75) is 24.0 Å². The number of rotatable bonds is 5. The lowest BCUT2D eigenvalue weighted by Crippen LogP contribution is -2.36. The number of carbonyl (C=O) groups excluding carboxylic acids is 1. The number of sulfone groups is 1. The van der Waals surface area contributed by atoms with Crippen LogP contribution in [0.2, 0.25) is 0 Å². The number of carbonyl (C=O) groups is 1. The van der Waals surface area contributed by atoms with Gasteiger partial charge in [-0.25, -0.2) is 8.42 Å². The van der Waals surface area contributed by atoms with Crippen molar-refractivity contribution < 1.29 is 17.9 Å². The fourth-order valence-corrected chi connectivity index (χ4v) is 3.74. The van der Waals surface area contributed by atoms with E-state index in [2.05, 4.69) is 4.74 Å². The molecule has 0 N–H and O–H groups in total. The zero-order valence-corrected chi connectivity index (χ0v) is 12.1. The molecule has 0 fully saturated rings. The quantitative estimate of drug-likeness (QED) is 0.613. The smallest absolute Gasteiger partial charge is 0.325 e. The third-order valence-electron chi connectivity index (χ3n) is 2.81. The van der Waals surface area contributed by atoms with Crippen molar-refractivity contribution in [1.82, 2.24) is 0 Å². The Morgan fingerprint density at radius 3 is 2.32 bits per heavy atom. The molecule has 0 amide bonds. The Morgan fingerprint density at radius 2 is 1.84 bits per heavy atom. The molecule has 2 unspecified atom stereocenters. The van der Waals surface area contributed by atoms with Gasteiger partial charge in [-0.15, -0.1) is 0 Å². The van der Waals surface area contributed by atoms with Gasteiger partial charge >= 0.3 is 5.97 Å². The molecule has 5 heteroatoms. The predicted octanol–water partition coefficient (Wildman–Crippen LogP) is 2.21. The highest BCUT2D eigenvalue weighted by atomic mass is 32.2. The minimum Gasteiger partial charge on any atom is -0.468 e. The Labute approximate surface area is 114 Å². The van der Waals surface area contributed by atoms with E-state index in [1.807, 2.05) is 0 Å². The second-order valence-corrected chi connectivity index (χ2v) is 6.26. The van der Waals surface area contributed by atoms with Crippen LogP contribution >= 0.6 is 0 Å². The van der Waals surface area contributed by atoms with Crippen LogP contribution in [0.5, 0.6) is 0 Å². The van der Waals surface area contributed by atoms with Crippen molar-refractivity contribution >= 4 is 15.8 Å². The number of hydrogen-bond acceptors (Lipinski definition) is 4. The molecule has 0 radical (unpaired) electrons. The molecule has 0 spiro atoms. The van der Waals surface area contributed by atoms with Crippen LogP contribution in [0, 0.1) is 5.92 Å². The lowest BCUT2D eigenvalue weighted by atomic mass is 10.1. The molecule has 1 rings (SSSR count). The van der Waals surface area contributed by atoms with Gasteiger partial charge in [-0.1, -0.05) is 37.3 Å². The molecule has 0 saturated heterocycles. The van der Waals surface area contributed by atoms with E-state index in [9.17, 15) is 13.2 Å². The van der Waals surface area contributed by atoms with Gasteiger partial charge in [0.05, 0.1) is 12.0 Å². The molecule has 0 bridgehead atoms. The first-order chi connectivity index (χ1) is 8.95. The summed E-state index contributed by atoms with van der Waals surface area (Å²) in [4.78, 5) is 11.9. The first kappa shape index (κ1) is 15.4. The van der Waals surface area contributed by atoms with Gasteiger partial charge in [-0.2, -0.15) is 0 Å². The summed E-state index contributed by atoms with van der Waals surface area (Å²) < 4.78 is 29.7. The zero-order valence-electron chi connectivity index (χ0n) is 11.2.